The van der Waals surface area contributed by atoms with Crippen LogP contribution in [0.25, 0.3) is 0 Å². The number of hydrogen-bond donors (Lipinski definition) is 2. The van der Waals surface area contributed by atoms with Crippen molar-refractivity contribution in [1.29, 1.82) is 0 Å². The minimum atomic E-state index is -0.242. The van der Waals surface area contributed by atoms with Crippen LogP contribution in [-0.4, -0.2) is 28.6 Å². The Bertz CT molecular complexity index is 367. The molecule has 0 aliphatic heterocycles. The average molecular weight is 234 g/mol. The molecule has 2 unspecified atom stereocenters. The molecular weight excluding hydrogens is 216 g/mol. The van der Waals surface area contributed by atoms with E-state index in [2.05, 4.69) is 10.3 Å². The molecule has 2 rings (SSSR count). The number of carbonyl (C=O) groups is 1. The molecule has 1 aromatic heterocycles. The fraction of sp³-hybridized carbons (Fsp3) is 0.538. The Morgan fingerprint density at radius 2 is 2.41 bits per heavy atom. The minimum Gasteiger partial charge on any atom is -0.393 e. The SMILES string of the molecule is O=C(Cc1cccnc1)NCC1CCCC1O. The van der Waals surface area contributed by atoms with Crippen molar-refractivity contribution in [3.8, 4) is 0 Å². The first-order chi connectivity index (χ1) is 8.25. The first-order valence-electron chi connectivity index (χ1n) is 6.09. The van der Waals surface area contributed by atoms with Crippen molar-refractivity contribution in [2.45, 2.75) is 31.8 Å². The molecule has 17 heavy (non-hydrogen) atoms. The monoisotopic (exact) mass is 234 g/mol. The second kappa shape index (κ2) is 5.77. The second-order valence-corrected chi connectivity index (χ2v) is 4.60. The van der Waals surface area contributed by atoms with Gasteiger partial charge in [-0.1, -0.05) is 12.5 Å². The zero-order chi connectivity index (χ0) is 12.1. The van der Waals surface area contributed by atoms with Gasteiger partial charge in [-0.25, -0.2) is 0 Å². The minimum absolute atomic E-state index is 0.00269. The van der Waals surface area contributed by atoms with Crippen molar-refractivity contribution >= 4 is 5.91 Å². The van der Waals surface area contributed by atoms with Crippen LogP contribution in [0.1, 0.15) is 24.8 Å². The number of aromatic nitrogens is 1. The van der Waals surface area contributed by atoms with E-state index in [9.17, 15) is 9.90 Å². The van der Waals surface area contributed by atoms with Crippen LogP contribution in [0.5, 0.6) is 0 Å². The maximum atomic E-state index is 11.7. The molecule has 1 heterocycles. The van der Waals surface area contributed by atoms with Crippen LogP contribution in [0.4, 0.5) is 0 Å². The Kier molecular flexibility index (Phi) is 4.09. The molecule has 2 N–H and O–H groups in total. The highest BCUT2D eigenvalue weighted by Crippen LogP contribution is 2.24. The lowest BCUT2D eigenvalue weighted by Crippen LogP contribution is -2.33. The quantitative estimate of drug-likeness (QED) is 0.813. The molecule has 2 atom stereocenters. The Morgan fingerprint density at radius 1 is 1.53 bits per heavy atom. The third-order valence-electron chi connectivity index (χ3n) is 3.27. The fourth-order valence-corrected chi connectivity index (χ4v) is 2.25. The Hall–Kier alpha value is -1.42. The first kappa shape index (κ1) is 12.0. The van der Waals surface area contributed by atoms with Gasteiger partial charge in [0.15, 0.2) is 0 Å². The third-order valence-corrected chi connectivity index (χ3v) is 3.27. The van der Waals surface area contributed by atoms with Gasteiger partial charge in [-0.05, 0) is 24.5 Å². The zero-order valence-electron chi connectivity index (χ0n) is 9.80. The molecule has 0 bridgehead atoms. The van der Waals surface area contributed by atoms with Gasteiger partial charge in [-0.15, -0.1) is 0 Å². The molecule has 4 nitrogen and oxygen atoms in total. The van der Waals surface area contributed by atoms with Crippen LogP contribution in [0.2, 0.25) is 0 Å². The maximum absolute atomic E-state index is 11.7. The summed E-state index contributed by atoms with van der Waals surface area (Å²) in [7, 11) is 0. The van der Waals surface area contributed by atoms with Gasteiger partial charge in [0.05, 0.1) is 12.5 Å². The summed E-state index contributed by atoms with van der Waals surface area (Å²) in [6.07, 6.45) is 6.44. The summed E-state index contributed by atoms with van der Waals surface area (Å²) in [5.41, 5.74) is 0.914. The summed E-state index contributed by atoms with van der Waals surface area (Å²) < 4.78 is 0. The molecule has 0 spiro atoms. The van der Waals surface area contributed by atoms with Crippen LogP contribution >= 0.6 is 0 Å². The Morgan fingerprint density at radius 3 is 3.06 bits per heavy atom. The lowest BCUT2D eigenvalue weighted by atomic mass is 10.1. The average Bonchev–Trinajstić information content (AvgIpc) is 2.74. The van der Waals surface area contributed by atoms with E-state index in [1.54, 1.807) is 12.4 Å². The van der Waals surface area contributed by atoms with Crippen molar-refractivity contribution < 1.29 is 9.90 Å². The van der Waals surface area contributed by atoms with E-state index in [-0.39, 0.29) is 17.9 Å². The van der Waals surface area contributed by atoms with E-state index < -0.39 is 0 Å². The van der Waals surface area contributed by atoms with Crippen LogP contribution in [0.15, 0.2) is 24.5 Å². The number of aliphatic hydroxyl groups excluding tert-OH is 1. The molecule has 0 aromatic carbocycles. The van der Waals surface area contributed by atoms with Gasteiger partial charge in [0.25, 0.3) is 0 Å². The summed E-state index contributed by atoms with van der Waals surface area (Å²) in [6, 6.07) is 3.71. The molecule has 1 saturated carbocycles. The van der Waals surface area contributed by atoms with E-state index in [4.69, 9.17) is 0 Å². The lowest BCUT2D eigenvalue weighted by Gasteiger charge is -2.14. The number of nitrogens with one attached hydrogen (secondary N) is 1. The van der Waals surface area contributed by atoms with Crippen molar-refractivity contribution in [2.24, 2.45) is 5.92 Å². The highest BCUT2D eigenvalue weighted by Gasteiger charge is 2.25. The molecule has 92 valence electrons. The van der Waals surface area contributed by atoms with Gasteiger partial charge in [-0.2, -0.15) is 0 Å². The number of pyridine rings is 1. The van der Waals surface area contributed by atoms with E-state index in [1.807, 2.05) is 12.1 Å². The van der Waals surface area contributed by atoms with Crippen molar-refractivity contribution in [2.75, 3.05) is 6.54 Å². The van der Waals surface area contributed by atoms with Gasteiger partial charge >= 0.3 is 0 Å². The number of carbonyl (C=O) groups excluding carboxylic acids is 1. The summed E-state index contributed by atoms with van der Waals surface area (Å²) in [4.78, 5) is 15.6. The summed E-state index contributed by atoms with van der Waals surface area (Å²) in [5, 5.41) is 12.5. The molecule has 1 aliphatic rings. The molecule has 1 aromatic rings. The highest BCUT2D eigenvalue weighted by atomic mass is 16.3. The molecule has 1 amide bonds. The van der Waals surface area contributed by atoms with Crippen molar-refractivity contribution in [3.05, 3.63) is 30.1 Å². The largest absolute Gasteiger partial charge is 0.393 e. The van der Waals surface area contributed by atoms with Gasteiger partial charge < -0.3 is 10.4 Å². The van der Waals surface area contributed by atoms with Gasteiger partial charge in [0.1, 0.15) is 0 Å². The van der Waals surface area contributed by atoms with Crippen LogP contribution in [-0.2, 0) is 11.2 Å². The Labute approximate surface area is 101 Å². The van der Waals surface area contributed by atoms with E-state index in [0.717, 1.165) is 24.8 Å². The number of nitrogens with zero attached hydrogens (tertiary/aromatic N) is 1. The summed E-state index contributed by atoms with van der Waals surface area (Å²) in [6.45, 7) is 0.584. The predicted molar refractivity (Wildman–Crippen MR) is 64.3 cm³/mol. The topological polar surface area (TPSA) is 62.2 Å². The molecule has 0 saturated heterocycles. The smallest absolute Gasteiger partial charge is 0.224 e. The second-order valence-electron chi connectivity index (χ2n) is 4.60. The van der Waals surface area contributed by atoms with Gasteiger partial charge in [0.2, 0.25) is 5.91 Å². The van der Waals surface area contributed by atoms with Gasteiger partial charge in [-0.3, -0.25) is 9.78 Å². The van der Waals surface area contributed by atoms with E-state index in [1.165, 1.54) is 0 Å². The van der Waals surface area contributed by atoms with Gasteiger partial charge in [0, 0.05) is 24.9 Å². The zero-order valence-corrected chi connectivity index (χ0v) is 9.80. The maximum Gasteiger partial charge on any atom is 0.224 e. The van der Waals surface area contributed by atoms with Crippen LogP contribution in [0, 0.1) is 5.92 Å². The molecular formula is C13H18N2O2. The highest BCUT2D eigenvalue weighted by molar-refractivity contribution is 5.78. The van der Waals surface area contributed by atoms with Crippen LogP contribution < -0.4 is 5.32 Å². The number of aliphatic hydroxyl groups is 1. The van der Waals surface area contributed by atoms with Crippen LogP contribution in [0.3, 0.4) is 0 Å². The standard InChI is InChI=1S/C13H18N2O2/c16-12-5-1-4-11(12)9-15-13(17)7-10-3-2-6-14-8-10/h2-3,6,8,11-12,16H,1,4-5,7,9H2,(H,15,17). The van der Waals surface area contributed by atoms with Crippen molar-refractivity contribution in [1.82, 2.24) is 10.3 Å². The normalized spacial score (nSPS) is 23.6. The molecule has 0 radical (unpaired) electrons. The number of amides is 1. The van der Waals surface area contributed by atoms with Crippen molar-refractivity contribution in [3.63, 3.8) is 0 Å². The number of rotatable bonds is 4. The molecule has 1 fully saturated rings. The third kappa shape index (κ3) is 3.53. The Balaban J connectivity index is 1.74. The summed E-state index contributed by atoms with van der Waals surface area (Å²) in [5.74, 6) is 0.227. The lowest BCUT2D eigenvalue weighted by molar-refractivity contribution is -0.120. The number of hydrogen-bond acceptors (Lipinski definition) is 3. The molecule has 1 aliphatic carbocycles. The first-order valence-corrected chi connectivity index (χ1v) is 6.09. The van der Waals surface area contributed by atoms with E-state index in [0.29, 0.717) is 13.0 Å². The summed E-state index contributed by atoms with van der Waals surface area (Å²) >= 11 is 0. The predicted octanol–water partition coefficient (Wildman–Crippen LogP) is 0.901. The van der Waals surface area contributed by atoms with E-state index >= 15 is 0 Å². The fourth-order valence-electron chi connectivity index (χ4n) is 2.25. The molecule has 4 heteroatoms.